The van der Waals surface area contributed by atoms with Crippen LogP contribution in [0.15, 0.2) is 77.7 Å². The van der Waals surface area contributed by atoms with Crippen molar-refractivity contribution in [1.82, 2.24) is 9.80 Å². The van der Waals surface area contributed by atoms with Gasteiger partial charge in [-0.3, -0.25) is 9.52 Å². The molecular weight excluding hydrogens is 560 g/mol. The summed E-state index contributed by atoms with van der Waals surface area (Å²) in [5, 5.41) is 12.7. The van der Waals surface area contributed by atoms with Gasteiger partial charge in [-0.2, -0.15) is 0 Å². The van der Waals surface area contributed by atoms with Gasteiger partial charge < -0.3 is 29.7 Å². The second-order valence-electron chi connectivity index (χ2n) is 10.3. The maximum absolute atomic E-state index is 13.7. The number of carbonyl (C=O) groups excluding carboxylic acids is 2. The molecule has 4 rings (SSSR count). The van der Waals surface area contributed by atoms with Gasteiger partial charge in [-0.15, -0.1) is 0 Å². The van der Waals surface area contributed by atoms with Crippen LogP contribution in [0.2, 0.25) is 0 Å². The third kappa shape index (κ3) is 7.12. The van der Waals surface area contributed by atoms with Crippen LogP contribution in [0.5, 0.6) is 11.5 Å². The zero-order valence-electron chi connectivity index (χ0n) is 24.0. The summed E-state index contributed by atoms with van der Waals surface area (Å²) in [4.78, 5) is 29.8. The summed E-state index contributed by atoms with van der Waals surface area (Å²) in [5.74, 6) is 0.300. The number of nitrogens with one attached hydrogen (secondary N) is 2. The number of sulfonamides is 1. The van der Waals surface area contributed by atoms with Crippen molar-refractivity contribution in [2.75, 3.05) is 43.9 Å². The Bertz CT molecular complexity index is 1500. The molecule has 0 unspecified atom stereocenters. The Morgan fingerprint density at radius 1 is 1.12 bits per heavy atom. The van der Waals surface area contributed by atoms with Gasteiger partial charge in [0.15, 0.2) is 0 Å². The molecule has 1 aliphatic heterocycles. The number of rotatable bonds is 9. The zero-order chi connectivity index (χ0) is 30.4. The topological polar surface area (TPSA) is 138 Å². The number of anilines is 2. The van der Waals surface area contributed by atoms with Gasteiger partial charge in [0, 0.05) is 30.9 Å². The van der Waals surface area contributed by atoms with Crippen molar-refractivity contribution in [3.8, 4) is 11.5 Å². The average Bonchev–Trinajstić information content (AvgIpc) is 2.99. The second-order valence-corrected chi connectivity index (χ2v) is 12.0. The number of benzene rings is 3. The van der Waals surface area contributed by atoms with Crippen LogP contribution in [0.25, 0.3) is 0 Å². The molecule has 224 valence electrons. The van der Waals surface area contributed by atoms with Gasteiger partial charge in [0.1, 0.15) is 17.6 Å². The van der Waals surface area contributed by atoms with E-state index < -0.39 is 28.1 Å². The summed E-state index contributed by atoms with van der Waals surface area (Å²) in [5.41, 5.74) is 0.932. The van der Waals surface area contributed by atoms with Gasteiger partial charge in [0.25, 0.3) is 15.9 Å². The van der Waals surface area contributed by atoms with Gasteiger partial charge in [-0.05, 0) is 61.5 Å². The predicted molar refractivity (Wildman–Crippen MR) is 159 cm³/mol. The summed E-state index contributed by atoms with van der Waals surface area (Å²) in [6.07, 6.45) is -0.524. The maximum Gasteiger partial charge on any atom is 0.321 e. The number of aliphatic hydroxyl groups is 1. The Morgan fingerprint density at radius 3 is 2.43 bits per heavy atom. The molecular formula is C30H36N4O7S. The molecule has 12 heteroatoms. The average molecular weight is 597 g/mol. The molecule has 0 saturated carbocycles. The lowest BCUT2D eigenvalue weighted by molar-refractivity contribution is 0.0371. The van der Waals surface area contributed by atoms with Crippen molar-refractivity contribution in [1.29, 1.82) is 0 Å². The lowest BCUT2D eigenvalue weighted by Gasteiger charge is -2.38. The first-order valence-corrected chi connectivity index (χ1v) is 15.0. The number of carbonyl (C=O) groups is 2. The van der Waals surface area contributed by atoms with Crippen molar-refractivity contribution in [3.63, 3.8) is 0 Å². The van der Waals surface area contributed by atoms with Crippen LogP contribution >= 0.6 is 0 Å². The van der Waals surface area contributed by atoms with E-state index in [0.29, 0.717) is 11.4 Å². The number of likely N-dealkylation sites (N-methyl/N-ethyl adjacent to an activating group) is 1. The van der Waals surface area contributed by atoms with E-state index >= 15 is 0 Å². The molecule has 0 radical (unpaired) electrons. The van der Waals surface area contributed by atoms with Crippen molar-refractivity contribution in [2.24, 2.45) is 5.92 Å². The van der Waals surface area contributed by atoms with Gasteiger partial charge in [-0.1, -0.05) is 25.1 Å². The number of methoxy groups -OCH3 is 1. The van der Waals surface area contributed by atoms with Crippen LogP contribution in [0.4, 0.5) is 16.2 Å². The third-order valence-corrected chi connectivity index (χ3v) is 8.51. The fourth-order valence-corrected chi connectivity index (χ4v) is 5.63. The van der Waals surface area contributed by atoms with E-state index in [1.54, 1.807) is 74.5 Å². The van der Waals surface area contributed by atoms with E-state index in [-0.39, 0.29) is 53.5 Å². The largest absolute Gasteiger partial charge is 0.497 e. The first kappa shape index (κ1) is 30.7. The minimum atomic E-state index is -3.90. The van der Waals surface area contributed by atoms with Crippen LogP contribution in [-0.4, -0.2) is 81.3 Å². The molecule has 42 heavy (non-hydrogen) atoms. The van der Waals surface area contributed by atoms with E-state index in [4.69, 9.17) is 9.47 Å². The number of fused-ring (bicyclic) bond motifs is 1. The van der Waals surface area contributed by atoms with Crippen LogP contribution in [0.1, 0.15) is 24.2 Å². The molecule has 0 saturated heterocycles. The minimum Gasteiger partial charge on any atom is -0.497 e. The van der Waals surface area contributed by atoms with E-state index in [1.807, 2.05) is 6.92 Å². The molecule has 3 aromatic carbocycles. The summed E-state index contributed by atoms with van der Waals surface area (Å²) >= 11 is 0. The standard InChI is InChI=1S/C30H36N4O7S/c1-20-17-34(21(2)19-35)29(36)26-16-23(32-42(38,39)25-8-6-5-7-9-25)12-15-27(26)41-28(20)18-33(3)30(37)31-22-10-13-24(40-4)14-11-22/h5-16,20-21,28,32,35H,17-19H2,1-4H3,(H,31,37)/t20-,21+,28+/m1/s1. The number of urea groups is 1. The van der Waals surface area contributed by atoms with Gasteiger partial charge in [-0.25, -0.2) is 13.2 Å². The van der Waals surface area contributed by atoms with Gasteiger partial charge >= 0.3 is 6.03 Å². The normalized spacial score (nSPS) is 17.6. The molecule has 0 aliphatic carbocycles. The monoisotopic (exact) mass is 596 g/mol. The Morgan fingerprint density at radius 2 is 1.79 bits per heavy atom. The van der Waals surface area contributed by atoms with Crippen molar-refractivity contribution in [2.45, 2.75) is 30.9 Å². The number of ether oxygens (including phenoxy) is 2. The molecule has 0 aromatic heterocycles. The van der Waals surface area contributed by atoms with Crippen molar-refractivity contribution < 1.29 is 32.6 Å². The lowest BCUT2D eigenvalue weighted by Crippen LogP contribution is -2.50. The van der Waals surface area contributed by atoms with Crippen LogP contribution in [-0.2, 0) is 10.0 Å². The summed E-state index contributed by atoms with van der Waals surface area (Å²) in [6.45, 7) is 3.83. The van der Waals surface area contributed by atoms with E-state index in [0.717, 1.165) is 0 Å². The first-order valence-electron chi connectivity index (χ1n) is 13.5. The SMILES string of the molecule is COc1ccc(NC(=O)N(C)C[C@@H]2Oc3ccc(NS(=O)(=O)c4ccccc4)cc3C(=O)N([C@@H](C)CO)C[C@H]2C)cc1. The van der Waals surface area contributed by atoms with E-state index in [1.165, 1.54) is 29.2 Å². The van der Waals surface area contributed by atoms with E-state index in [9.17, 15) is 23.1 Å². The molecule has 3 amide bonds. The number of amides is 3. The molecule has 0 fully saturated rings. The fourth-order valence-electron chi connectivity index (χ4n) is 4.56. The van der Waals surface area contributed by atoms with Crippen LogP contribution in [0, 0.1) is 5.92 Å². The maximum atomic E-state index is 13.7. The molecule has 0 bridgehead atoms. The lowest BCUT2D eigenvalue weighted by atomic mass is 9.99. The Hall–Kier alpha value is -4.29. The van der Waals surface area contributed by atoms with Crippen molar-refractivity contribution >= 4 is 33.3 Å². The number of nitrogens with zero attached hydrogens (tertiary/aromatic N) is 2. The minimum absolute atomic E-state index is 0.0830. The molecule has 1 heterocycles. The predicted octanol–water partition coefficient (Wildman–Crippen LogP) is 3.88. The summed E-state index contributed by atoms with van der Waals surface area (Å²) in [7, 11) is -0.684. The van der Waals surface area contributed by atoms with Crippen LogP contribution in [0.3, 0.4) is 0 Å². The summed E-state index contributed by atoms with van der Waals surface area (Å²) < 4.78 is 39.8. The quantitative estimate of drug-likeness (QED) is 0.341. The van der Waals surface area contributed by atoms with Gasteiger partial charge in [0.2, 0.25) is 0 Å². The number of hydrogen-bond acceptors (Lipinski definition) is 7. The molecule has 3 aromatic rings. The Kier molecular flexibility index (Phi) is 9.59. The molecule has 0 spiro atoms. The molecule has 11 nitrogen and oxygen atoms in total. The van der Waals surface area contributed by atoms with Crippen molar-refractivity contribution in [3.05, 3.63) is 78.4 Å². The zero-order valence-corrected chi connectivity index (χ0v) is 24.8. The Balaban J connectivity index is 1.59. The molecule has 3 atom stereocenters. The molecule has 1 aliphatic rings. The number of hydrogen-bond donors (Lipinski definition) is 3. The first-order chi connectivity index (χ1) is 20.0. The Labute approximate surface area is 246 Å². The highest BCUT2D eigenvalue weighted by Gasteiger charge is 2.34. The smallest absolute Gasteiger partial charge is 0.321 e. The highest BCUT2D eigenvalue weighted by Crippen LogP contribution is 2.31. The van der Waals surface area contributed by atoms with Crippen LogP contribution < -0.4 is 19.5 Å². The fraction of sp³-hybridized carbons (Fsp3) is 0.333. The highest BCUT2D eigenvalue weighted by molar-refractivity contribution is 7.92. The second kappa shape index (κ2) is 13.1. The van der Waals surface area contributed by atoms with E-state index in [2.05, 4.69) is 10.0 Å². The third-order valence-electron chi connectivity index (χ3n) is 7.11. The summed E-state index contributed by atoms with van der Waals surface area (Å²) in [6, 6.07) is 18.5. The molecule has 3 N–H and O–H groups in total. The van der Waals surface area contributed by atoms with Gasteiger partial charge in [0.05, 0.1) is 36.8 Å². The highest BCUT2D eigenvalue weighted by atomic mass is 32.2. The number of aliphatic hydroxyl groups excluding tert-OH is 1.